The largest absolute Gasteiger partial charge is 0.296 e. The summed E-state index contributed by atoms with van der Waals surface area (Å²) in [7, 11) is 1.75. The van der Waals surface area contributed by atoms with Crippen LogP contribution in [0.5, 0.6) is 0 Å². The van der Waals surface area contributed by atoms with Crippen LogP contribution in [0, 0.1) is 11.3 Å². The zero-order chi connectivity index (χ0) is 10.1. The third kappa shape index (κ3) is 1.07. The smallest absolute Gasteiger partial charge is 0.170 e. The molecule has 68 valence electrons. The number of fused-ring (bicyclic) bond motifs is 1. The number of hydrogen-bond donors (Lipinski definition) is 0. The fourth-order valence-corrected chi connectivity index (χ4v) is 1.44. The van der Waals surface area contributed by atoms with E-state index in [-0.39, 0.29) is 0 Å². The van der Waals surface area contributed by atoms with Crippen LogP contribution in [0.25, 0.3) is 10.9 Å². The van der Waals surface area contributed by atoms with E-state index in [1.807, 2.05) is 6.07 Å². The van der Waals surface area contributed by atoms with Gasteiger partial charge in [0.05, 0.1) is 17.1 Å². The molecule has 14 heavy (non-hydrogen) atoms. The van der Waals surface area contributed by atoms with Gasteiger partial charge in [0.1, 0.15) is 5.69 Å². The summed E-state index contributed by atoms with van der Waals surface area (Å²) in [6.45, 7) is 0. The van der Waals surface area contributed by atoms with Gasteiger partial charge in [-0.25, -0.2) is 0 Å². The maximum absolute atomic E-state index is 10.6. The summed E-state index contributed by atoms with van der Waals surface area (Å²) in [6, 6.07) is 7.18. The molecule has 0 amide bonds. The van der Waals surface area contributed by atoms with Gasteiger partial charge in [0, 0.05) is 12.4 Å². The van der Waals surface area contributed by atoms with Gasteiger partial charge in [-0.15, -0.1) is 0 Å². The summed E-state index contributed by atoms with van der Waals surface area (Å²) in [5, 5.41) is 13.5. The first kappa shape index (κ1) is 8.45. The number of aromatic nitrogens is 2. The van der Waals surface area contributed by atoms with Gasteiger partial charge >= 0.3 is 0 Å². The molecule has 0 radical (unpaired) electrons. The second-order valence-electron chi connectivity index (χ2n) is 2.97. The van der Waals surface area contributed by atoms with Crippen LogP contribution in [0.2, 0.25) is 0 Å². The molecule has 0 N–H and O–H groups in total. The number of aldehydes is 1. The molecule has 2 rings (SSSR count). The van der Waals surface area contributed by atoms with Crippen LogP contribution in [0.4, 0.5) is 0 Å². The van der Waals surface area contributed by atoms with Crippen molar-refractivity contribution in [3.05, 3.63) is 29.5 Å². The molecular formula is C10H7N3O. The number of rotatable bonds is 1. The van der Waals surface area contributed by atoms with Gasteiger partial charge < -0.3 is 0 Å². The van der Waals surface area contributed by atoms with E-state index in [1.54, 1.807) is 29.9 Å². The first-order chi connectivity index (χ1) is 6.76. The van der Waals surface area contributed by atoms with Gasteiger partial charge in [-0.05, 0) is 18.2 Å². The molecule has 0 aliphatic carbocycles. The molecule has 0 aliphatic rings. The van der Waals surface area contributed by atoms with Crippen molar-refractivity contribution in [2.75, 3.05) is 0 Å². The number of nitrogens with zero attached hydrogens (tertiary/aromatic N) is 3. The van der Waals surface area contributed by atoms with Crippen LogP contribution in [-0.4, -0.2) is 16.1 Å². The monoisotopic (exact) mass is 185 g/mol. The second kappa shape index (κ2) is 2.96. The fourth-order valence-electron chi connectivity index (χ4n) is 1.44. The Hall–Kier alpha value is -2.15. The molecule has 0 aliphatic heterocycles. The maximum Gasteiger partial charge on any atom is 0.170 e. The number of aryl methyl sites for hydroxylation is 1. The van der Waals surface area contributed by atoms with E-state index in [1.165, 1.54) is 0 Å². The highest BCUT2D eigenvalue weighted by Gasteiger charge is 2.07. The zero-order valence-corrected chi connectivity index (χ0v) is 7.56. The van der Waals surface area contributed by atoms with Crippen molar-refractivity contribution in [2.45, 2.75) is 0 Å². The molecule has 1 aromatic heterocycles. The predicted octanol–water partition coefficient (Wildman–Crippen LogP) is 1.26. The zero-order valence-electron chi connectivity index (χ0n) is 7.56. The molecule has 4 heteroatoms. The van der Waals surface area contributed by atoms with Crippen molar-refractivity contribution in [1.82, 2.24) is 9.78 Å². The predicted molar refractivity (Wildman–Crippen MR) is 50.8 cm³/mol. The molecule has 0 unspecified atom stereocenters. The lowest BCUT2D eigenvalue weighted by Crippen LogP contribution is -1.90. The highest BCUT2D eigenvalue weighted by molar-refractivity contribution is 5.95. The molecule has 0 bridgehead atoms. The van der Waals surface area contributed by atoms with Crippen LogP contribution in [0.15, 0.2) is 18.2 Å². The summed E-state index contributed by atoms with van der Waals surface area (Å²) < 4.78 is 1.60. The Labute approximate surface area is 80.4 Å². The summed E-state index contributed by atoms with van der Waals surface area (Å²) >= 11 is 0. The Morgan fingerprint density at radius 1 is 1.57 bits per heavy atom. The fraction of sp³-hybridized carbons (Fsp3) is 0.100. The lowest BCUT2D eigenvalue weighted by atomic mass is 10.1. The maximum atomic E-state index is 10.6. The number of carbonyl (C=O) groups excluding carboxylic acids is 1. The quantitative estimate of drug-likeness (QED) is 0.628. The van der Waals surface area contributed by atoms with E-state index in [2.05, 4.69) is 5.10 Å². The average molecular weight is 185 g/mol. The van der Waals surface area contributed by atoms with Gasteiger partial charge in [0.2, 0.25) is 0 Å². The van der Waals surface area contributed by atoms with Crippen molar-refractivity contribution in [3.8, 4) is 6.07 Å². The summed E-state index contributed by atoms with van der Waals surface area (Å²) in [4.78, 5) is 10.6. The highest BCUT2D eigenvalue weighted by Crippen LogP contribution is 2.17. The van der Waals surface area contributed by atoms with Crippen molar-refractivity contribution in [3.63, 3.8) is 0 Å². The summed E-state index contributed by atoms with van der Waals surface area (Å²) in [6.07, 6.45) is 0.717. The number of hydrogen-bond acceptors (Lipinski definition) is 3. The van der Waals surface area contributed by atoms with Crippen molar-refractivity contribution >= 4 is 17.2 Å². The third-order valence-corrected chi connectivity index (χ3v) is 2.12. The number of carbonyl (C=O) groups is 1. The molecule has 0 spiro atoms. The molecular weight excluding hydrogens is 178 g/mol. The Balaban J connectivity index is 2.84. The molecule has 0 fully saturated rings. The van der Waals surface area contributed by atoms with Crippen molar-refractivity contribution < 1.29 is 4.79 Å². The van der Waals surface area contributed by atoms with E-state index in [0.29, 0.717) is 17.5 Å². The third-order valence-electron chi connectivity index (χ3n) is 2.12. The Bertz CT molecular complexity index is 548. The molecule has 1 aromatic carbocycles. The first-order valence-corrected chi connectivity index (χ1v) is 4.08. The Kier molecular flexibility index (Phi) is 1.79. The Morgan fingerprint density at radius 2 is 2.36 bits per heavy atom. The minimum absolute atomic E-state index is 0.409. The minimum Gasteiger partial charge on any atom is -0.296 e. The van der Waals surface area contributed by atoms with Crippen LogP contribution in [-0.2, 0) is 7.05 Å². The average Bonchev–Trinajstić information content (AvgIpc) is 2.55. The number of nitriles is 1. The van der Waals surface area contributed by atoms with Crippen LogP contribution >= 0.6 is 0 Å². The van der Waals surface area contributed by atoms with Gasteiger partial charge in [0.25, 0.3) is 0 Å². The molecule has 0 saturated carbocycles. The molecule has 0 atom stereocenters. The summed E-state index contributed by atoms with van der Waals surface area (Å²) in [5.74, 6) is 0. The topological polar surface area (TPSA) is 58.7 Å². The van der Waals surface area contributed by atoms with Gasteiger partial charge in [-0.3, -0.25) is 9.48 Å². The highest BCUT2D eigenvalue weighted by atomic mass is 16.1. The van der Waals surface area contributed by atoms with Crippen LogP contribution in [0.3, 0.4) is 0 Å². The van der Waals surface area contributed by atoms with E-state index >= 15 is 0 Å². The Morgan fingerprint density at radius 3 is 3.00 bits per heavy atom. The normalized spacial score (nSPS) is 10.0. The van der Waals surface area contributed by atoms with Gasteiger partial charge in [0.15, 0.2) is 6.29 Å². The van der Waals surface area contributed by atoms with Crippen molar-refractivity contribution in [2.24, 2.45) is 7.05 Å². The van der Waals surface area contributed by atoms with Crippen LogP contribution < -0.4 is 0 Å². The molecule has 4 nitrogen and oxygen atoms in total. The first-order valence-electron chi connectivity index (χ1n) is 4.08. The van der Waals surface area contributed by atoms with E-state index < -0.39 is 0 Å². The lowest BCUT2D eigenvalue weighted by Gasteiger charge is -1.93. The molecule has 2 aromatic rings. The minimum atomic E-state index is 0.409. The van der Waals surface area contributed by atoms with Crippen LogP contribution in [0.1, 0.15) is 16.1 Å². The SMILES string of the molecule is Cn1nc(C=O)c2ccc(C#N)cc21. The van der Waals surface area contributed by atoms with E-state index in [0.717, 1.165) is 10.9 Å². The van der Waals surface area contributed by atoms with E-state index in [4.69, 9.17) is 5.26 Å². The van der Waals surface area contributed by atoms with Gasteiger partial charge in [-0.1, -0.05) is 0 Å². The standard InChI is InChI=1S/C10H7N3O/c1-13-10-4-7(5-11)2-3-8(10)9(6-14)12-13/h2-4,6H,1H3. The van der Waals surface area contributed by atoms with Crippen molar-refractivity contribution in [1.29, 1.82) is 5.26 Å². The second-order valence-corrected chi connectivity index (χ2v) is 2.97. The molecule has 0 saturated heterocycles. The van der Waals surface area contributed by atoms with Gasteiger partial charge in [-0.2, -0.15) is 10.4 Å². The lowest BCUT2D eigenvalue weighted by molar-refractivity contribution is 0.112. The molecule has 1 heterocycles. The summed E-state index contributed by atoms with van der Waals surface area (Å²) in [5.41, 5.74) is 1.77. The van der Waals surface area contributed by atoms with E-state index in [9.17, 15) is 4.79 Å². The number of benzene rings is 1.